The maximum absolute atomic E-state index is 11.8. The molecule has 0 aliphatic carbocycles. The number of carboxylic acid groups (broad SMARTS) is 1. The third-order valence-corrected chi connectivity index (χ3v) is 6.05. The third kappa shape index (κ3) is 7.56. The van der Waals surface area contributed by atoms with Crippen molar-refractivity contribution in [1.82, 2.24) is 10.6 Å². The number of hydrogen-bond donors (Lipinski definition) is 3. The van der Waals surface area contributed by atoms with E-state index in [0.29, 0.717) is 12.2 Å². The van der Waals surface area contributed by atoms with Gasteiger partial charge in [0.2, 0.25) is 0 Å². The molecule has 0 saturated heterocycles. The van der Waals surface area contributed by atoms with E-state index < -0.39 is 32.6 Å². The first-order valence-corrected chi connectivity index (χ1v) is 9.54. The van der Waals surface area contributed by atoms with E-state index in [2.05, 4.69) is 10.6 Å². The zero-order chi connectivity index (χ0) is 16.7. The first-order valence-electron chi connectivity index (χ1n) is 6.49. The molecule has 7 nitrogen and oxygen atoms in total. The Bertz CT molecular complexity index is 457. The van der Waals surface area contributed by atoms with Gasteiger partial charge in [0.25, 0.3) is 0 Å². The van der Waals surface area contributed by atoms with Gasteiger partial charge in [0.05, 0.1) is 10.5 Å². The van der Waals surface area contributed by atoms with E-state index in [1.54, 1.807) is 20.8 Å². The molecule has 1 atom stereocenters. The van der Waals surface area contributed by atoms with Crippen LogP contribution < -0.4 is 10.6 Å². The Morgan fingerprint density at radius 2 is 1.86 bits per heavy atom. The quantitative estimate of drug-likeness (QED) is 0.600. The minimum Gasteiger partial charge on any atom is -0.480 e. The molecular weight excluding hydrogens is 316 g/mol. The lowest BCUT2D eigenvalue weighted by atomic mass is 10.2. The Morgan fingerprint density at radius 1 is 1.29 bits per heavy atom. The molecule has 0 bridgehead atoms. The Labute approximate surface area is 130 Å². The fourth-order valence-corrected chi connectivity index (χ4v) is 2.76. The molecule has 21 heavy (non-hydrogen) atoms. The highest BCUT2D eigenvalue weighted by molar-refractivity contribution is 7.98. The monoisotopic (exact) mass is 340 g/mol. The minimum absolute atomic E-state index is 0.0553. The van der Waals surface area contributed by atoms with Crippen molar-refractivity contribution in [1.29, 1.82) is 0 Å². The Morgan fingerprint density at radius 3 is 2.29 bits per heavy atom. The van der Waals surface area contributed by atoms with Crippen LogP contribution in [0.1, 0.15) is 27.2 Å². The molecule has 3 N–H and O–H groups in total. The van der Waals surface area contributed by atoms with Crippen molar-refractivity contribution in [3.63, 3.8) is 0 Å². The van der Waals surface area contributed by atoms with Gasteiger partial charge in [0.15, 0.2) is 9.84 Å². The second-order valence-electron chi connectivity index (χ2n) is 5.50. The molecule has 0 aliphatic rings. The number of nitrogens with one attached hydrogen (secondary N) is 2. The van der Waals surface area contributed by atoms with Gasteiger partial charge in [-0.2, -0.15) is 11.8 Å². The number of carbonyl (C=O) groups is 2. The highest BCUT2D eigenvalue weighted by Crippen LogP contribution is 2.15. The largest absolute Gasteiger partial charge is 0.480 e. The van der Waals surface area contributed by atoms with Crippen molar-refractivity contribution < 1.29 is 23.1 Å². The average Bonchev–Trinajstić information content (AvgIpc) is 2.32. The molecule has 0 heterocycles. The van der Waals surface area contributed by atoms with Crippen molar-refractivity contribution in [2.75, 3.05) is 24.3 Å². The van der Waals surface area contributed by atoms with Crippen LogP contribution in [-0.2, 0) is 14.6 Å². The molecule has 0 aromatic heterocycles. The van der Waals surface area contributed by atoms with Gasteiger partial charge in [0, 0.05) is 6.54 Å². The van der Waals surface area contributed by atoms with Crippen LogP contribution in [-0.4, -0.2) is 60.6 Å². The number of urea groups is 1. The summed E-state index contributed by atoms with van der Waals surface area (Å²) in [5, 5.41) is 13.7. The summed E-state index contributed by atoms with van der Waals surface area (Å²) in [4.78, 5) is 22.5. The van der Waals surface area contributed by atoms with E-state index in [0.717, 1.165) is 0 Å². The molecule has 0 aliphatic heterocycles. The van der Waals surface area contributed by atoms with Gasteiger partial charge in [-0.05, 0) is 39.2 Å². The maximum atomic E-state index is 11.8. The van der Waals surface area contributed by atoms with E-state index in [1.165, 1.54) is 11.8 Å². The van der Waals surface area contributed by atoms with E-state index in [9.17, 15) is 18.0 Å². The Hall–Kier alpha value is -0.960. The highest BCUT2D eigenvalue weighted by atomic mass is 32.2. The van der Waals surface area contributed by atoms with Crippen LogP contribution in [0.25, 0.3) is 0 Å². The molecule has 2 amide bonds. The molecule has 0 fully saturated rings. The van der Waals surface area contributed by atoms with Crippen LogP contribution in [0.15, 0.2) is 0 Å². The predicted molar refractivity (Wildman–Crippen MR) is 84.5 cm³/mol. The molecule has 9 heteroatoms. The Balaban J connectivity index is 4.29. The second-order valence-corrected chi connectivity index (χ2v) is 9.35. The first kappa shape index (κ1) is 20.0. The van der Waals surface area contributed by atoms with Crippen LogP contribution in [0.5, 0.6) is 0 Å². The number of amides is 2. The van der Waals surface area contributed by atoms with Gasteiger partial charge < -0.3 is 15.7 Å². The van der Waals surface area contributed by atoms with E-state index in [-0.39, 0.29) is 12.3 Å². The minimum atomic E-state index is -3.31. The van der Waals surface area contributed by atoms with Crippen LogP contribution in [0.4, 0.5) is 4.79 Å². The third-order valence-electron chi connectivity index (χ3n) is 2.80. The first-order chi connectivity index (χ1) is 9.51. The van der Waals surface area contributed by atoms with Crippen molar-refractivity contribution in [3.8, 4) is 0 Å². The summed E-state index contributed by atoms with van der Waals surface area (Å²) >= 11 is 1.48. The van der Waals surface area contributed by atoms with Gasteiger partial charge >= 0.3 is 12.0 Å². The summed E-state index contributed by atoms with van der Waals surface area (Å²) < 4.78 is 22.8. The molecule has 0 aromatic carbocycles. The molecule has 1 unspecified atom stereocenters. The molecule has 124 valence electrons. The predicted octanol–water partition coefficient (Wildman–Crippen LogP) is 0.705. The van der Waals surface area contributed by atoms with Crippen LogP contribution >= 0.6 is 11.8 Å². The SMILES string of the molecule is CSCCC(NC(=O)NCCS(=O)(=O)C(C)(C)C)C(=O)O. The van der Waals surface area contributed by atoms with Crippen LogP contribution in [0.2, 0.25) is 0 Å². The summed E-state index contributed by atoms with van der Waals surface area (Å²) in [5.74, 6) is -0.691. The number of thioether (sulfide) groups is 1. The summed E-state index contributed by atoms with van der Waals surface area (Å²) in [5.41, 5.74) is 0. The van der Waals surface area contributed by atoms with Crippen molar-refractivity contribution >= 4 is 33.6 Å². The Kier molecular flexibility index (Phi) is 8.09. The van der Waals surface area contributed by atoms with Gasteiger partial charge in [-0.3, -0.25) is 0 Å². The molecule has 0 radical (unpaired) electrons. The summed E-state index contributed by atoms with van der Waals surface area (Å²) in [6.45, 7) is 4.71. The van der Waals surface area contributed by atoms with Gasteiger partial charge in [-0.1, -0.05) is 0 Å². The molecule has 0 saturated carbocycles. The number of hydrogen-bond acceptors (Lipinski definition) is 5. The number of rotatable bonds is 8. The summed E-state index contributed by atoms with van der Waals surface area (Å²) in [6, 6.07) is -1.65. The van der Waals surface area contributed by atoms with Gasteiger partial charge in [-0.15, -0.1) is 0 Å². The highest BCUT2D eigenvalue weighted by Gasteiger charge is 2.28. The molecule has 0 rings (SSSR count). The van der Waals surface area contributed by atoms with Gasteiger partial charge in [-0.25, -0.2) is 18.0 Å². The van der Waals surface area contributed by atoms with Crippen LogP contribution in [0.3, 0.4) is 0 Å². The fraction of sp³-hybridized carbons (Fsp3) is 0.833. The smallest absolute Gasteiger partial charge is 0.326 e. The maximum Gasteiger partial charge on any atom is 0.326 e. The lowest BCUT2D eigenvalue weighted by molar-refractivity contribution is -0.139. The van der Waals surface area contributed by atoms with E-state index in [1.807, 2.05) is 6.26 Å². The lowest BCUT2D eigenvalue weighted by Gasteiger charge is -2.19. The summed E-state index contributed by atoms with van der Waals surface area (Å²) in [7, 11) is -3.31. The molecular formula is C12H24N2O5S2. The number of sulfone groups is 1. The number of carbonyl (C=O) groups excluding carboxylic acids is 1. The van der Waals surface area contributed by atoms with Gasteiger partial charge in [0.1, 0.15) is 6.04 Å². The normalized spacial score (nSPS) is 13.5. The van der Waals surface area contributed by atoms with E-state index in [4.69, 9.17) is 5.11 Å². The molecule has 0 spiro atoms. The second kappa shape index (κ2) is 8.47. The zero-order valence-electron chi connectivity index (χ0n) is 12.8. The number of carboxylic acids is 1. The topological polar surface area (TPSA) is 113 Å². The molecule has 0 aromatic rings. The van der Waals surface area contributed by atoms with Crippen molar-refractivity contribution in [2.45, 2.75) is 38.0 Å². The summed E-state index contributed by atoms with van der Waals surface area (Å²) in [6.07, 6.45) is 2.15. The van der Waals surface area contributed by atoms with Crippen molar-refractivity contribution in [2.24, 2.45) is 0 Å². The average molecular weight is 340 g/mol. The zero-order valence-corrected chi connectivity index (χ0v) is 14.4. The van der Waals surface area contributed by atoms with E-state index >= 15 is 0 Å². The number of aliphatic carboxylic acids is 1. The van der Waals surface area contributed by atoms with Crippen molar-refractivity contribution in [3.05, 3.63) is 0 Å². The fourth-order valence-electron chi connectivity index (χ4n) is 1.31. The standard InChI is InChI=1S/C12H24N2O5S2/c1-12(2,3)21(18,19)8-6-13-11(17)14-9(10(15)16)5-7-20-4/h9H,5-8H2,1-4H3,(H,15,16)(H2,13,14,17). The lowest BCUT2D eigenvalue weighted by Crippen LogP contribution is -2.47. The van der Waals surface area contributed by atoms with Crippen LogP contribution in [0, 0.1) is 0 Å².